The first-order valence-electron chi connectivity index (χ1n) is 9.53. The van der Waals surface area contributed by atoms with E-state index in [1.807, 2.05) is 0 Å². The van der Waals surface area contributed by atoms with Crippen molar-refractivity contribution in [2.24, 2.45) is 0 Å². The van der Waals surface area contributed by atoms with Crippen molar-refractivity contribution in [1.29, 1.82) is 0 Å². The lowest BCUT2D eigenvalue weighted by molar-refractivity contribution is -0.137. The van der Waals surface area contributed by atoms with Crippen LogP contribution in [0.1, 0.15) is 34.7 Å². The van der Waals surface area contributed by atoms with Crippen LogP contribution in [0.4, 0.5) is 22.0 Å². The molecule has 0 saturated carbocycles. The van der Waals surface area contributed by atoms with Gasteiger partial charge >= 0.3 is 6.18 Å². The fourth-order valence-corrected chi connectivity index (χ4v) is 4.13. The number of rotatable bonds is 5. The maximum atomic E-state index is 14.1. The van der Waals surface area contributed by atoms with Crippen molar-refractivity contribution in [2.45, 2.75) is 19.1 Å². The van der Waals surface area contributed by atoms with Gasteiger partial charge < -0.3 is 5.32 Å². The molecule has 0 aliphatic carbocycles. The molecule has 13 heteroatoms. The Morgan fingerprint density at radius 1 is 1.18 bits per heavy atom. The summed E-state index contributed by atoms with van der Waals surface area (Å²) in [5, 5.41) is 8.22. The van der Waals surface area contributed by atoms with Crippen LogP contribution in [0.15, 0.2) is 48.1 Å². The Balaban J connectivity index is 1.57. The lowest BCUT2D eigenvalue weighted by atomic mass is 10.1. The summed E-state index contributed by atoms with van der Waals surface area (Å²) in [6.07, 6.45) is -3.46. The van der Waals surface area contributed by atoms with Gasteiger partial charge in [-0.2, -0.15) is 23.0 Å². The second kappa shape index (κ2) is 9.11. The fraction of sp³-hybridized carbons (Fsp3) is 0.143. The molecule has 1 atom stereocenters. The summed E-state index contributed by atoms with van der Waals surface area (Å²) in [6, 6.07) is 4.86. The maximum absolute atomic E-state index is 14.1. The highest BCUT2D eigenvalue weighted by Crippen LogP contribution is 2.32. The molecule has 1 amide bonds. The second-order valence-electron chi connectivity index (χ2n) is 7.09. The molecule has 0 radical (unpaired) electrons. The summed E-state index contributed by atoms with van der Waals surface area (Å²) < 4.78 is 67.7. The summed E-state index contributed by atoms with van der Waals surface area (Å²) in [5.41, 5.74) is -0.993. The van der Waals surface area contributed by atoms with Gasteiger partial charge in [0.05, 0.1) is 17.3 Å². The zero-order valence-corrected chi connectivity index (χ0v) is 18.6. The average molecular weight is 514 g/mol. The predicted molar refractivity (Wildman–Crippen MR) is 115 cm³/mol. The SMILES string of the molecule is C[C@H](NC(=O)c1cc(Cl)cc(C(F)(F)F)c1)c1ncnn1-c1nc(-c2ccc(F)cc2F)cs1. The van der Waals surface area contributed by atoms with Crippen molar-refractivity contribution in [3.63, 3.8) is 0 Å². The van der Waals surface area contributed by atoms with Gasteiger partial charge in [0.25, 0.3) is 5.91 Å². The number of carbonyl (C=O) groups is 1. The standard InChI is InChI=1S/C21H13ClF5N5OS/c1-10(30-19(33)11-4-12(21(25,26)27)6-13(22)5-11)18-28-9-29-32(18)20-31-17(8-34-20)15-3-2-14(23)7-16(15)24/h2-10H,1H3,(H,30,33)/t10-/m0/s1. The zero-order valence-electron chi connectivity index (χ0n) is 17.1. The van der Waals surface area contributed by atoms with Gasteiger partial charge in [0.2, 0.25) is 5.13 Å². The van der Waals surface area contributed by atoms with Crippen molar-refractivity contribution in [2.75, 3.05) is 0 Å². The Morgan fingerprint density at radius 2 is 1.94 bits per heavy atom. The van der Waals surface area contributed by atoms with Crippen LogP contribution < -0.4 is 5.32 Å². The molecule has 0 saturated heterocycles. The van der Waals surface area contributed by atoms with E-state index in [-0.39, 0.29) is 32.8 Å². The molecule has 0 bridgehead atoms. The molecule has 2 aromatic heterocycles. The summed E-state index contributed by atoms with van der Waals surface area (Å²) >= 11 is 6.86. The number of hydrogen-bond donors (Lipinski definition) is 1. The van der Waals surface area contributed by atoms with Crippen molar-refractivity contribution in [1.82, 2.24) is 25.1 Å². The minimum absolute atomic E-state index is 0.0911. The minimum atomic E-state index is -4.67. The van der Waals surface area contributed by atoms with Gasteiger partial charge in [0, 0.05) is 27.6 Å². The molecule has 0 aliphatic rings. The first kappa shape index (κ1) is 23.8. The van der Waals surface area contributed by atoms with E-state index in [0.717, 1.165) is 35.6 Å². The third kappa shape index (κ3) is 4.92. The van der Waals surface area contributed by atoms with Crippen LogP contribution in [-0.4, -0.2) is 25.7 Å². The monoisotopic (exact) mass is 513 g/mol. The Bertz CT molecular complexity index is 1370. The Labute approximate surface area is 198 Å². The first-order valence-corrected chi connectivity index (χ1v) is 10.8. The van der Waals surface area contributed by atoms with E-state index < -0.39 is 35.3 Å². The van der Waals surface area contributed by atoms with Crippen molar-refractivity contribution in [3.05, 3.63) is 81.7 Å². The molecule has 1 N–H and O–H groups in total. The zero-order chi connectivity index (χ0) is 24.6. The Kier molecular flexibility index (Phi) is 6.36. The highest BCUT2D eigenvalue weighted by Gasteiger charge is 2.32. The van der Waals surface area contributed by atoms with Gasteiger partial charge in [-0.05, 0) is 37.3 Å². The van der Waals surface area contributed by atoms with Gasteiger partial charge in [0.15, 0.2) is 5.82 Å². The van der Waals surface area contributed by atoms with Crippen LogP contribution in [0.5, 0.6) is 0 Å². The number of nitrogens with one attached hydrogen (secondary N) is 1. The molecular weight excluding hydrogens is 501 g/mol. The fourth-order valence-electron chi connectivity index (χ4n) is 3.10. The quantitative estimate of drug-likeness (QED) is 0.341. The molecular formula is C21H13ClF5N5OS. The highest BCUT2D eigenvalue weighted by molar-refractivity contribution is 7.12. The molecule has 0 fully saturated rings. The lowest BCUT2D eigenvalue weighted by Gasteiger charge is -2.15. The molecule has 0 unspecified atom stereocenters. The van der Waals surface area contributed by atoms with E-state index in [2.05, 4.69) is 20.4 Å². The molecule has 0 spiro atoms. The molecule has 4 rings (SSSR count). The summed E-state index contributed by atoms with van der Waals surface area (Å²) in [4.78, 5) is 21.0. The van der Waals surface area contributed by atoms with Gasteiger partial charge in [-0.15, -0.1) is 11.3 Å². The van der Waals surface area contributed by atoms with Crippen LogP contribution in [0.2, 0.25) is 5.02 Å². The smallest absolute Gasteiger partial charge is 0.342 e. The van der Waals surface area contributed by atoms with Crippen LogP contribution >= 0.6 is 22.9 Å². The van der Waals surface area contributed by atoms with E-state index in [0.29, 0.717) is 6.07 Å². The van der Waals surface area contributed by atoms with E-state index in [4.69, 9.17) is 11.6 Å². The third-order valence-corrected chi connectivity index (χ3v) is 5.71. The normalized spacial score (nSPS) is 12.6. The predicted octanol–water partition coefficient (Wildman–Crippen LogP) is 5.83. The Hall–Kier alpha value is -3.38. The summed E-state index contributed by atoms with van der Waals surface area (Å²) in [5.74, 6) is -2.08. The number of hydrogen-bond acceptors (Lipinski definition) is 5. The highest BCUT2D eigenvalue weighted by atomic mass is 35.5. The van der Waals surface area contributed by atoms with Gasteiger partial charge in [-0.3, -0.25) is 4.79 Å². The van der Waals surface area contributed by atoms with Crippen LogP contribution in [0.3, 0.4) is 0 Å². The van der Waals surface area contributed by atoms with Gasteiger partial charge in [-0.25, -0.2) is 18.7 Å². The topological polar surface area (TPSA) is 72.7 Å². The number of halogens is 6. The van der Waals surface area contributed by atoms with Crippen molar-refractivity contribution < 1.29 is 26.7 Å². The lowest BCUT2D eigenvalue weighted by Crippen LogP contribution is -2.29. The maximum Gasteiger partial charge on any atom is 0.416 e. The van der Waals surface area contributed by atoms with E-state index in [1.54, 1.807) is 12.3 Å². The summed E-state index contributed by atoms with van der Waals surface area (Å²) in [7, 11) is 0. The second-order valence-corrected chi connectivity index (χ2v) is 8.36. The third-order valence-electron chi connectivity index (χ3n) is 4.68. The van der Waals surface area contributed by atoms with Gasteiger partial charge in [-0.1, -0.05) is 11.6 Å². The first-order chi connectivity index (χ1) is 16.0. The largest absolute Gasteiger partial charge is 0.416 e. The van der Waals surface area contributed by atoms with E-state index in [1.165, 1.54) is 17.1 Å². The average Bonchev–Trinajstić information content (AvgIpc) is 3.42. The molecule has 4 aromatic rings. The number of alkyl halides is 3. The number of carbonyl (C=O) groups excluding carboxylic acids is 1. The number of benzene rings is 2. The number of aromatic nitrogens is 4. The number of nitrogens with zero attached hydrogens (tertiary/aromatic N) is 4. The summed E-state index contributed by atoms with van der Waals surface area (Å²) in [6.45, 7) is 1.56. The molecule has 0 aliphatic heterocycles. The van der Waals surface area contributed by atoms with Crippen LogP contribution in [0, 0.1) is 11.6 Å². The van der Waals surface area contributed by atoms with Crippen molar-refractivity contribution >= 4 is 28.8 Å². The Morgan fingerprint density at radius 3 is 2.65 bits per heavy atom. The number of amides is 1. The van der Waals surface area contributed by atoms with Crippen molar-refractivity contribution in [3.8, 4) is 16.4 Å². The molecule has 6 nitrogen and oxygen atoms in total. The van der Waals surface area contributed by atoms with E-state index >= 15 is 0 Å². The minimum Gasteiger partial charge on any atom is -0.342 e. The molecule has 2 heterocycles. The van der Waals surface area contributed by atoms with Gasteiger partial charge in [0.1, 0.15) is 18.0 Å². The molecule has 2 aromatic carbocycles. The molecule has 176 valence electrons. The van der Waals surface area contributed by atoms with E-state index in [9.17, 15) is 26.7 Å². The number of thiazole rings is 1. The molecule has 34 heavy (non-hydrogen) atoms. The van der Waals surface area contributed by atoms with Crippen LogP contribution in [-0.2, 0) is 6.18 Å². The van der Waals surface area contributed by atoms with Crippen LogP contribution in [0.25, 0.3) is 16.4 Å².